The van der Waals surface area contributed by atoms with Gasteiger partial charge in [-0.15, -0.1) is 10.2 Å². The van der Waals surface area contributed by atoms with E-state index >= 15 is 0 Å². The van der Waals surface area contributed by atoms with Crippen molar-refractivity contribution in [1.29, 1.82) is 0 Å². The van der Waals surface area contributed by atoms with Crippen molar-refractivity contribution < 1.29 is 4.79 Å². The Labute approximate surface area is 129 Å². The van der Waals surface area contributed by atoms with Crippen LogP contribution in [0.5, 0.6) is 0 Å². The van der Waals surface area contributed by atoms with Gasteiger partial charge in [0.2, 0.25) is 5.91 Å². The van der Waals surface area contributed by atoms with Crippen molar-refractivity contribution >= 4 is 5.91 Å². The van der Waals surface area contributed by atoms with E-state index in [0.29, 0.717) is 6.54 Å². The van der Waals surface area contributed by atoms with Crippen molar-refractivity contribution in [3.05, 3.63) is 47.8 Å². The third-order valence-corrected chi connectivity index (χ3v) is 4.39. The number of amides is 1. The maximum absolute atomic E-state index is 12.5. The Morgan fingerprint density at radius 1 is 1.09 bits per heavy atom. The molecule has 2 aliphatic rings. The lowest BCUT2D eigenvalue weighted by atomic mass is 10.2. The van der Waals surface area contributed by atoms with Crippen LogP contribution in [0.1, 0.15) is 25.1 Å². The number of hydrogen-bond donors (Lipinski definition) is 0. The Balaban J connectivity index is 1.58. The topological polar surface area (TPSA) is 51.0 Å². The molecule has 0 radical (unpaired) electrons. The molecule has 2 aromatic rings. The normalized spacial score (nSPS) is 17.3. The molecule has 0 spiro atoms. The van der Waals surface area contributed by atoms with Gasteiger partial charge >= 0.3 is 0 Å². The molecule has 2 heterocycles. The van der Waals surface area contributed by atoms with E-state index in [1.54, 1.807) is 0 Å². The molecule has 0 saturated heterocycles. The summed E-state index contributed by atoms with van der Waals surface area (Å²) in [6.45, 7) is 2.03. The first-order valence-corrected chi connectivity index (χ1v) is 7.79. The summed E-state index contributed by atoms with van der Waals surface area (Å²) < 4.78 is 2.13. The molecule has 0 atom stereocenters. The summed E-state index contributed by atoms with van der Waals surface area (Å²) in [4.78, 5) is 14.4. The molecule has 112 valence electrons. The number of rotatable bonds is 2. The van der Waals surface area contributed by atoms with Crippen LogP contribution < -0.4 is 0 Å². The second-order valence-corrected chi connectivity index (χ2v) is 5.81. The molecule has 0 saturated carbocycles. The zero-order valence-electron chi connectivity index (χ0n) is 12.4. The molecular formula is C17H18N4O. The molecular weight excluding hydrogens is 276 g/mol. The standard InChI is InChI=1S/C17H18N4O/c22-17(14-8-4-5-9-14)20-10-11-21-15(12-20)18-19-16(21)13-6-2-1-3-7-13/h1-3,6-8H,4-5,9-12H2. The van der Waals surface area contributed by atoms with Crippen LogP contribution in [0.2, 0.25) is 0 Å². The fraction of sp³-hybridized carbons (Fsp3) is 0.353. The first kappa shape index (κ1) is 13.2. The molecule has 1 aromatic heterocycles. The van der Waals surface area contributed by atoms with E-state index in [1.165, 1.54) is 0 Å². The van der Waals surface area contributed by atoms with Crippen molar-refractivity contribution in [2.45, 2.75) is 32.4 Å². The van der Waals surface area contributed by atoms with E-state index in [9.17, 15) is 4.79 Å². The SMILES string of the molecule is O=C(C1=CCCC1)N1CCn2c(nnc2-c2ccccc2)C1. The lowest BCUT2D eigenvalue weighted by molar-refractivity contribution is -0.128. The highest BCUT2D eigenvalue weighted by molar-refractivity contribution is 5.93. The monoisotopic (exact) mass is 294 g/mol. The maximum atomic E-state index is 12.5. The van der Waals surface area contributed by atoms with Crippen molar-refractivity contribution in [1.82, 2.24) is 19.7 Å². The van der Waals surface area contributed by atoms with Gasteiger partial charge in [0.15, 0.2) is 11.6 Å². The molecule has 1 amide bonds. The second-order valence-electron chi connectivity index (χ2n) is 5.81. The zero-order valence-corrected chi connectivity index (χ0v) is 12.4. The Kier molecular flexibility index (Phi) is 3.25. The molecule has 1 aromatic carbocycles. The van der Waals surface area contributed by atoms with E-state index in [1.807, 2.05) is 35.2 Å². The van der Waals surface area contributed by atoms with Crippen molar-refractivity contribution in [3.63, 3.8) is 0 Å². The van der Waals surface area contributed by atoms with Gasteiger partial charge in [0.25, 0.3) is 0 Å². The van der Waals surface area contributed by atoms with Crippen LogP contribution in [-0.4, -0.2) is 32.1 Å². The van der Waals surface area contributed by atoms with Gasteiger partial charge in [0, 0.05) is 24.2 Å². The minimum Gasteiger partial charge on any atom is -0.330 e. The van der Waals surface area contributed by atoms with E-state index < -0.39 is 0 Å². The Bertz CT molecular complexity index is 732. The summed E-state index contributed by atoms with van der Waals surface area (Å²) in [7, 11) is 0. The van der Waals surface area contributed by atoms with E-state index in [-0.39, 0.29) is 5.91 Å². The van der Waals surface area contributed by atoms with Crippen LogP contribution in [0.3, 0.4) is 0 Å². The largest absolute Gasteiger partial charge is 0.330 e. The van der Waals surface area contributed by atoms with Crippen molar-refractivity contribution in [2.75, 3.05) is 6.54 Å². The van der Waals surface area contributed by atoms with Crippen LogP contribution in [0, 0.1) is 0 Å². The van der Waals surface area contributed by atoms with Crippen LogP contribution in [0.4, 0.5) is 0 Å². The van der Waals surface area contributed by atoms with Gasteiger partial charge in [0.1, 0.15) is 0 Å². The van der Waals surface area contributed by atoms with Crippen molar-refractivity contribution in [2.24, 2.45) is 0 Å². The van der Waals surface area contributed by atoms with E-state index in [0.717, 1.165) is 55.1 Å². The molecule has 5 heteroatoms. The van der Waals surface area contributed by atoms with Crippen LogP contribution >= 0.6 is 0 Å². The molecule has 1 aliphatic heterocycles. The number of aromatic nitrogens is 3. The highest BCUT2D eigenvalue weighted by atomic mass is 16.2. The lowest BCUT2D eigenvalue weighted by Gasteiger charge is -2.28. The van der Waals surface area contributed by atoms with Gasteiger partial charge in [-0.05, 0) is 19.3 Å². The number of carbonyl (C=O) groups excluding carboxylic acids is 1. The molecule has 0 N–H and O–H groups in total. The number of hydrogen-bond acceptors (Lipinski definition) is 3. The second kappa shape index (κ2) is 5.40. The molecule has 1 aliphatic carbocycles. The fourth-order valence-corrected chi connectivity index (χ4v) is 3.20. The molecule has 22 heavy (non-hydrogen) atoms. The van der Waals surface area contributed by atoms with Gasteiger partial charge in [-0.25, -0.2) is 0 Å². The van der Waals surface area contributed by atoms with Crippen molar-refractivity contribution in [3.8, 4) is 11.4 Å². The van der Waals surface area contributed by atoms with Gasteiger partial charge in [0.05, 0.1) is 6.54 Å². The minimum atomic E-state index is 0.174. The predicted octanol–water partition coefficient (Wildman–Crippen LogP) is 2.40. The average molecular weight is 294 g/mol. The smallest absolute Gasteiger partial charge is 0.249 e. The highest BCUT2D eigenvalue weighted by Crippen LogP contribution is 2.24. The highest BCUT2D eigenvalue weighted by Gasteiger charge is 2.27. The Morgan fingerprint density at radius 3 is 2.73 bits per heavy atom. The van der Waals surface area contributed by atoms with Gasteiger partial charge < -0.3 is 9.47 Å². The third-order valence-electron chi connectivity index (χ3n) is 4.39. The number of carbonyl (C=O) groups is 1. The van der Waals surface area contributed by atoms with Gasteiger partial charge in [-0.2, -0.15) is 0 Å². The zero-order chi connectivity index (χ0) is 14.9. The Morgan fingerprint density at radius 2 is 1.95 bits per heavy atom. The molecule has 5 nitrogen and oxygen atoms in total. The van der Waals surface area contributed by atoms with Crippen LogP contribution in [-0.2, 0) is 17.9 Å². The number of nitrogens with zero attached hydrogens (tertiary/aromatic N) is 4. The fourth-order valence-electron chi connectivity index (χ4n) is 3.20. The quantitative estimate of drug-likeness (QED) is 0.854. The third kappa shape index (κ3) is 2.22. The molecule has 0 fully saturated rings. The van der Waals surface area contributed by atoms with E-state index in [2.05, 4.69) is 20.8 Å². The van der Waals surface area contributed by atoms with Crippen LogP contribution in [0.25, 0.3) is 11.4 Å². The average Bonchev–Trinajstić information content (AvgIpc) is 3.24. The first-order chi connectivity index (χ1) is 10.8. The van der Waals surface area contributed by atoms with Gasteiger partial charge in [-0.3, -0.25) is 4.79 Å². The number of fused-ring (bicyclic) bond motifs is 1. The summed E-state index contributed by atoms with van der Waals surface area (Å²) in [5.74, 6) is 1.94. The summed E-state index contributed by atoms with van der Waals surface area (Å²) in [5, 5.41) is 8.61. The molecule has 0 bridgehead atoms. The maximum Gasteiger partial charge on any atom is 0.249 e. The molecule has 0 unspecified atom stereocenters. The predicted molar refractivity (Wildman–Crippen MR) is 82.8 cm³/mol. The molecule has 4 rings (SSSR count). The Hall–Kier alpha value is -2.43. The first-order valence-electron chi connectivity index (χ1n) is 7.79. The number of allylic oxidation sites excluding steroid dienone is 1. The minimum absolute atomic E-state index is 0.174. The van der Waals surface area contributed by atoms with Crippen LogP contribution in [0.15, 0.2) is 42.0 Å². The summed E-state index contributed by atoms with van der Waals surface area (Å²) in [6, 6.07) is 10.1. The summed E-state index contributed by atoms with van der Waals surface area (Å²) >= 11 is 0. The number of benzene rings is 1. The van der Waals surface area contributed by atoms with Gasteiger partial charge in [-0.1, -0.05) is 36.4 Å². The summed E-state index contributed by atoms with van der Waals surface area (Å²) in [6.07, 6.45) is 5.13. The van der Waals surface area contributed by atoms with E-state index in [4.69, 9.17) is 0 Å². The lowest BCUT2D eigenvalue weighted by Crippen LogP contribution is -2.39. The summed E-state index contributed by atoms with van der Waals surface area (Å²) in [5.41, 5.74) is 2.04.